The first kappa shape index (κ1) is 26.0. The highest BCUT2D eigenvalue weighted by atomic mass is 32.1. The first-order chi connectivity index (χ1) is 17.3. The monoisotopic (exact) mass is 508 g/mol. The van der Waals surface area contributed by atoms with Crippen molar-refractivity contribution in [3.63, 3.8) is 0 Å². The summed E-state index contributed by atoms with van der Waals surface area (Å²) >= 11 is 1.64. The molecular formula is C29H36N2O4S. The lowest BCUT2D eigenvalue weighted by Gasteiger charge is -2.33. The van der Waals surface area contributed by atoms with Crippen LogP contribution in [0.3, 0.4) is 0 Å². The van der Waals surface area contributed by atoms with E-state index < -0.39 is 0 Å². The van der Waals surface area contributed by atoms with Crippen LogP contribution < -0.4 is 14.8 Å². The number of benzene rings is 1. The number of furan rings is 1. The van der Waals surface area contributed by atoms with Gasteiger partial charge in [-0.2, -0.15) is 0 Å². The Morgan fingerprint density at radius 2 is 1.97 bits per heavy atom. The summed E-state index contributed by atoms with van der Waals surface area (Å²) in [5, 5.41) is 3.78. The van der Waals surface area contributed by atoms with Crippen molar-refractivity contribution in [1.29, 1.82) is 0 Å². The van der Waals surface area contributed by atoms with Gasteiger partial charge in [0.15, 0.2) is 11.5 Å². The highest BCUT2D eigenvalue weighted by Crippen LogP contribution is 2.45. The van der Waals surface area contributed by atoms with Crippen LogP contribution in [-0.2, 0) is 19.4 Å². The minimum Gasteiger partial charge on any atom is -0.490 e. The van der Waals surface area contributed by atoms with E-state index in [-0.39, 0.29) is 11.3 Å². The van der Waals surface area contributed by atoms with Crippen molar-refractivity contribution in [3.05, 3.63) is 63.9 Å². The zero-order valence-electron chi connectivity index (χ0n) is 21.8. The summed E-state index contributed by atoms with van der Waals surface area (Å²) < 4.78 is 16.8. The van der Waals surface area contributed by atoms with Gasteiger partial charge in [-0.1, -0.05) is 20.8 Å². The van der Waals surface area contributed by atoms with Crippen molar-refractivity contribution in [3.8, 4) is 11.5 Å². The van der Waals surface area contributed by atoms with E-state index in [2.05, 4.69) is 26.1 Å². The molecule has 3 aromatic rings. The second-order valence-electron chi connectivity index (χ2n) is 10.1. The predicted octanol–water partition coefficient (Wildman–Crippen LogP) is 6.97. The predicted molar refractivity (Wildman–Crippen MR) is 145 cm³/mol. The Morgan fingerprint density at radius 1 is 1.19 bits per heavy atom. The number of fused-ring (bicyclic) bond motifs is 1. The largest absolute Gasteiger partial charge is 0.490 e. The van der Waals surface area contributed by atoms with E-state index in [0.717, 1.165) is 41.2 Å². The van der Waals surface area contributed by atoms with Gasteiger partial charge in [-0.3, -0.25) is 4.79 Å². The Labute approximate surface area is 217 Å². The molecule has 0 saturated heterocycles. The summed E-state index contributed by atoms with van der Waals surface area (Å²) in [5.74, 6) is 2.61. The normalized spacial score (nSPS) is 15.6. The number of amides is 1. The minimum absolute atomic E-state index is 0.105. The molecule has 0 bridgehead atoms. The molecule has 2 aromatic heterocycles. The summed E-state index contributed by atoms with van der Waals surface area (Å²) in [6.45, 7) is 12.3. The van der Waals surface area contributed by atoms with Gasteiger partial charge in [0.05, 0.1) is 31.6 Å². The highest BCUT2D eigenvalue weighted by molar-refractivity contribution is 7.16. The fraction of sp³-hybridized carbons (Fsp3) is 0.448. The van der Waals surface area contributed by atoms with Crippen molar-refractivity contribution >= 4 is 28.5 Å². The molecule has 0 saturated carbocycles. The van der Waals surface area contributed by atoms with E-state index in [1.807, 2.05) is 44.2 Å². The lowest BCUT2D eigenvalue weighted by Crippen LogP contribution is -2.28. The third kappa shape index (κ3) is 6.01. The first-order valence-electron chi connectivity index (χ1n) is 12.7. The van der Waals surface area contributed by atoms with E-state index in [9.17, 15) is 4.79 Å². The number of rotatable bonds is 9. The molecule has 1 aliphatic carbocycles. The van der Waals surface area contributed by atoms with Crippen LogP contribution >= 0.6 is 11.3 Å². The topological polar surface area (TPSA) is 73.1 Å². The molecule has 1 aliphatic rings. The van der Waals surface area contributed by atoms with Crippen LogP contribution in [0.1, 0.15) is 73.2 Å². The third-order valence-corrected chi connectivity index (χ3v) is 7.76. The lowest BCUT2D eigenvalue weighted by atomic mass is 9.72. The van der Waals surface area contributed by atoms with Crippen LogP contribution in [0.4, 0.5) is 5.00 Å². The Morgan fingerprint density at radius 3 is 2.67 bits per heavy atom. The van der Waals surface area contributed by atoms with Crippen LogP contribution in [0.25, 0.3) is 0 Å². The van der Waals surface area contributed by atoms with Gasteiger partial charge in [0, 0.05) is 11.1 Å². The molecule has 0 fully saturated rings. The molecule has 0 aliphatic heterocycles. The standard InChI is InChI=1S/C29H36N2O4S/c1-6-33-23-13-10-19(15-24(23)34-7-2)17-31-28-26(27(32)30-18-21-9-8-14-35-21)22-12-11-20(29(3,4)5)16-25(22)36-28/h8-10,13-15,17,20H,6-7,11-12,16,18H2,1-5H3,(H,30,32)/t20-/m0/s1. The summed E-state index contributed by atoms with van der Waals surface area (Å²) in [4.78, 5) is 19.5. The number of thiophene rings is 1. The Bertz CT molecular complexity index is 1200. The quantitative estimate of drug-likeness (QED) is 0.317. The Kier molecular flexibility index (Phi) is 8.19. The molecule has 1 atom stereocenters. The molecule has 1 amide bonds. The van der Waals surface area contributed by atoms with E-state index in [4.69, 9.17) is 18.9 Å². The van der Waals surface area contributed by atoms with Crippen molar-refractivity contribution in [2.45, 2.75) is 60.4 Å². The van der Waals surface area contributed by atoms with Crippen LogP contribution in [-0.4, -0.2) is 25.3 Å². The van der Waals surface area contributed by atoms with Crippen molar-refractivity contribution in [2.24, 2.45) is 16.3 Å². The van der Waals surface area contributed by atoms with Gasteiger partial charge in [0.1, 0.15) is 10.8 Å². The van der Waals surface area contributed by atoms with Crippen molar-refractivity contribution in [1.82, 2.24) is 5.32 Å². The smallest absolute Gasteiger partial charge is 0.255 e. The number of hydrogen-bond acceptors (Lipinski definition) is 6. The number of hydrogen-bond donors (Lipinski definition) is 1. The molecule has 1 aromatic carbocycles. The van der Waals surface area contributed by atoms with Gasteiger partial charge < -0.3 is 19.2 Å². The SMILES string of the molecule is CCOc1ccc(C=Nc2sc3c(c2C(=O)NCc2ccco2)CC[C@H](C(C)(C)C)C3)cc1OCC. The molecule has 0 radical (unpaired) electrons. The Hall–Kier alpha value is -3.06. The second-order valence-corrected chi connectivity index (χ2v) is 11.2. The van der Waals surface area contributed by atoms with Gasteiger partial charge >= 0.3 is 0 Å². The average Bonchev–Trinajstić information content (AvgIpc) is 3.49. The van der Waals surface area contributed by atoms with Crippen LogP contribution in [0.5, 0.6) is 11.5 Å². The maximum atomic E-state index is 13.4. The van der Waals surface area contributed by atoms with Crippen LogP contribution in [0.15, 0.2) is 46.0 Å². The number of carbonyl (C=O) groups excluding carboxylic acids is 1. The number of aliphatic imine (C=N–C) groups is 1. The fourth-order valence-corrected chi connectivity index (χ4v) is 5.85. The maximum Gasteiger partial charge on any atom is 0.255 e. The molecule has 2 heterocycles. The van der Waals surface area contributed by atoms with Gasteiger partial charge in [-0.15, -0.1) is 11.3 Å². The second kappa shape index (κ2) is 11.3. The lowest BCUT2D eigenvalue weighted by molar-refractivity contribution is 0.0947. The zero-order valence-corrected chi connectivity index (χ0v) is 22.7. The van der Waals surface area contributed by atoms with Gasteiger partial charge in [-0.25, -0.2) is 4.99 Å². The van der Waals surface area contributed by atoms with Crippen LogP contribution in [0, 0.1) is 11.3 Å². The molecule has 0 unspecified atom stereocenters. The van der Waals surface area contributed by atoms with Gasteiger partial charge in [0.2, 0.25) is 0 Å². The van der Waals surface area contributed by atoms with E-state index in [1.165, 1.54) is 4.88 Å². The van der Waals surface area contributed by atoms with Crippen LogP contribution in [0.2, 0.25) is 0 Å². The molecular weight excluding hydrogens is 472 g/mol. The molecule has 1 N–H and O–H groups in total. The van der Waals surface area contributed by atoms with E-state index >= 15 is 0 Å². The molecule has 0 spiro atoms. The van der Waals surface area contributed by atoms with Gasteiger partial charge in [0.25, 0.3) is 5.91 Å². The summed E-state index contributed by atoms with van der Waals surface area (Å²) in [5.41, 5.74) is 2.96. The van der Waals surface area contributed by atoms with E-state index in [1.54, 1.807) is 23.8 Å². The average molecular weight is 509 g/mol. The summed E-state index contributed by atoms with van der Waals surface area (Å²) in [7, 11) is 0. The molecule has 4 rings (SSSR count). The molecule has 192 valence electrons. The number of carbonyl (C=O) groups is 1. The minimum atomic E-state index is -0.105. The maximum absolute atomic E-state index is 13.4. The van der Waals surface area contributed by atoms with Crippen molar-refractivity contribution < 1.29 is 18.7 Å². The fourth-order valence-electron chi connectivity index (χ4n) is 4.59. The highest BCUT2D eigenvalue weighted by Gasteiger charge is 2.33. The zero-order chi connectivity index (χ0) is 25.7. The molecule has 36 heavy (non-hydrogen) atoms. The van der Waals surface area contributed by atoms with E-state index in [0.29, 0.717) is 42.7 Å². The number of nitrogens with one attached hydrogen (secondary N) is 1. The third-order valence-electron chi connectivity index (χ3n) is 6.60. The summed E-state index contributed by atoms with van der Waals surface area (Å²) in [6, 6.07) is 9.47. The first-order valence-corrected chi connectivity index (χ1v) is 13.5. The van der Waals surface area contributed by atoms with Gasteiger partial charge in [-0.05, 0) is 85.9 Å². The van der Waals surface area contributed by atoms with Crippen molar-refractivity contribution in [2.75, 3.05) is 13.2 Å². The summed E-state index contributed by atoms with van der Waals surface area (Å²) in [6.07, 6.45) is 6.37. The Balaban J connectivity index is 1.65. The number of ether oxygens (including phenoxy) is 2. The molecule has 6 nitrogen and oxygen atoms in total. The number of nitrogens with zero attached hydrogens (tertiary/aromatic N) is 1. The molecule has 7 heteroatoms.